The van der Waals surface area contributed by atoms with E-state index in [1.165, 1.54) is 13.8 Å². The Kier molecular flexibility index (Phi) is 8.22. The van der Waals surface area contributed by atoms with Crippen molar-refractivity contribution in [3.8, 4) is 12.3 Å². The number of carbonyl (C=O) groups excluding carboxylic acids is 3. The molecule has 0 saturated carbocycles. The van der Waals surface area contributed by atoms with Crippen LogP contribution in [0.3, 0.4) is 0 Å². The fourth-order valence-corrected chi connectivity index (χ4v) is 1.44. The van der Waals surface area contributed by atoms with E-state index in [1.807, 2.05) is 0 Å². The summed E-state index contributed by atoms with van der Waals surface area (Å²) >= 11 is 1.76. The van der Waals surface area contributed by atoms with E-state index in [0.29, 0.717) is 0 Å². The van der Waals surface area contributed by atoms with Crippen LogP contribution in [0.15, 0.2) is 0 Å². The number of terminal acetylenes is 1. The number of ether oxygens (including phenoxy) is 2. The number of alkyl carbamates (subject to hydrolysis) is 1. The van der Waals surface area contributed by atoms with Crippen LogP contribution in [0.25, 0.3) is 0 Å². The average molecular weight is 424 g/mol. The molecule has 7 nitrogen and oxygen atoms in total. The van der Waals surface area contributed by atoms with Crippen molar-refractivity contribution >= 4 is 40.6 Å². The first kappa shape index (κ1) is 20.5. The minimum absolute atomic E-state index is 0.541. The van der Waals surface area contributed by atoms with Gasteiger partial charge in [-0.15, -0.1) is 6.42 Å². The predicted octanol–water partition coefficient (Wildman–Crippen LogP) is 1.34. The highest BCUT2D eigenvalue weighted by molar-refractivity contribution is 14.1. The molecule has 0 aromatic rings. The van der Waals surface area contributed by atoms with Crippen molar-refractivity contribution in [3.63, 3.8) is 0 Å². The molecule has 0 aromatic heterocycles. The minimum Gasteiger partial charge on any atom is -0.444 e. The zero-order valence-electron chi connectivity index (χ0n) is 13.2. The highest BCUT2D eigenvalue weighted by atomic mass is 127. The Bertz CT molecular complexity index is 467. The Hall–Kier alpha value is -1.50. The van der Waals surface area contributed by atoms with Crippen molar-refractivity contribution in [1.29, 1.82) is 0 Å². The maximum atomic E-state index is 11.9. The highest BCUT2D eigenvalue weighted by Crippen LogP contribution is 2.07. The number of esters is 1. The van der Waals surface area contributed by atoms with E-state index in [1.54, 1.807) is 43.4 Å². The Morgan fingerprint density at radius 1 is 1.14 bits per heavy atom. The number of amides is 2. The second-order valence-electron chi connectivity index (χ2n) is 5.52. The lowest BCUT2D eigenvalue weighted by Gasteiger charge is -2.22. The zero-order chi connectivity index (χ0) is 17.5. The quantitative estimate of drug-likeness (QED) is 0.301. The van der Waals surface area contributed by atoms with Gasteiger partial charge >= 0.3 is 12.1 Å². The van der Waals surface area contributed by atoms with Crippen molar-refractivity contribution in [1.82, 2.24) is 10.6 Å². The van der Waals surface area contributed by atoms with Crippen LogP contribution in [0.5, 0.6) is 0 Å². The van der Waals surface area contributed by atoms with Crippen LogP contribution >= 0.6 is 22.6 Å². The Balaban J connectivity index is 4.39. The van der Waals surface area contributed by atoms with Gasteiger partial charge in [0.15, 0.2) is 0 Å². The summed E-state index contributed by atoms with van der Waals surface area (Å²) in [5, 5.41) is 4.79. The molecule has 0 aliphatic carbocycles. The fourth-order valence-electron chi connectivity index (χ4n) is 1.19. The van der Waals surface area contributed by atoms with Crippen LogP contribution < -0.4 is 10.6 Å². The number of halogens is 1. The van der Waals surface area contributed by atoms with Gasteiger partial charge in [0.25, 0.3) is 0 Å². The SMILES string of the molecule is C#CC(I)OC(=O)[C@@H](C)NC(=O)[C@@H](C)NC(=O)OC(C)(C)C. The maximum absolute atomic E-state index is 11.9. The van der Waals surface area contributed by atoms with Crippen LogP contribution in [0.1, 0.15) is 34.6 Å². The molecular formula is C14H21IN2O5. The van der Waals surface area contributed by atoms with Crippen LogP contribution in [0.2, 0.25) is 0 Å². The van der Waals surface area contributed by atoms with Gasteiger partial charge in [-0.3, -0.25) is 4.79 Å². The molecule has 2 N–H and O–H groups in total. The molecule has 2 amide bonds. The van der Waals surface area contributed by atoms with Crippen molar-refractivity contribution in [3.05, 3.63) is 0 Å². The topological polar surface area (TPSA) is 93.7 Å². The normalized spacial score (nSPS) is 14.8. The molecule has 1 unspecified atom stereocenters. The predicted molar refractivity (Wildman–Crippen MR) is 89.2 cm³/mol. The standard InChI is InChI=1S/C14H21IN2O5/c1-7-10(15)21-12(19)9(3)16-11(18)8(2)17-13(20)22-14(4,5)6/h1,8-10H,2-6H3,(H,16,18)(H,17,20)/t8-,9-,10?/m1/s1. The van der Waals surface area contributed by atoms with Crippen LogP contribution in [-0.2, 0) is 19.1 Å². The van der Waals surface area contributed by atoms with Gasteiger partial charge in [-0.25, -0.2) is 9.59 Å². The lowest BCUT2D eigenvalue weighted by atomic mass is 10.2. The third kappa shape index (κ3) is 8.71. The average Bonchev–Trinajstić information content (AvgIpc) is 2.35. The van der Waals surface area contributed by atoms with Gasteiger partial charge in [0.05, 0.1) is 0 Å². The fraction of sp³-hybridized carbons (Fsp3) is 0.643. The van der Waals surface area contributed by atoms with E-state index in [0.717, 1.165) is 0 Å². The van der Waals surface area contributed by atoms with Crippen LogP contribution in [0.4, 0.5) is 4.79 Å². The van der Waals surface area contributed by atoms with Gasteiger partial charge in [-0.1, -0.05) is 5.92 Å². The number of alkyl halides is 1. The second-order valence-corrected chi connectivity index (χ2v) is 6.65. The molecule has 0 bridgehead atoms. The molecule has 0 aliphatic rings. The summed E-state index contributed by atoms with van der Waals surface area (Å²) in [4.78, 5) is 35.1. The molecule has 3 atom stereocenters. The summed E-state index contributed by atoms with van der Waals surface area (Å²) < 4.78 is 9.20. The van der Waals surface area contributed by atoms with Crippen molar-refractivity contribution in [2.75, 3.05) is 0 Å². The third-order valence-corrected chi connectivity index (χ3v) is 2.80. The van der Waals surface area contributed by atoms with E-state index >= 15 is 0 Å². The summed E-state index contributed by atoms with van der Waals surface area (Å²) in [6, 6.07) is -1.76. The minimum atomic E-state index is -0.888. The van der Waals surface area contributed by atoms with Crippen molar-refractivity contribution in [2.24, 2.45) is 0 Å². The van der Waals surface area contributed by atoms with Crippen LogP contribution in [-0.4, -0.2) is 39.8 Å². The first-order chi connectivity index (χ1) is 9.96. The summed E-state index contributed by atoms with van der Waals surface area (Å²) in [6.07, 6.45) is 4.37. The Morgan fingerprint density at radius 3 is 2.14 bits per heavy atom. The van der Waals surface area contributed by atoms with E-state index < -0.39 is 39.8 Å². The zero-order valence-corrected chi connectivity index (χ0v) is 15.4. The van der Waals surface area contributed by atoms with Gasteiger partial charge in [-0.05, 0) is 57.2 Å². The third-order valence-electron chi connectivity index (χ3n) is 2.19. The number of nitrogens with one attached hydrogen (secondary N) is 2. The molecule has 0 fully saturated rings. The molecule has 0 spiro atoms. The largest absolute Gasteiger partial charge is 0.444 e. The number of hydrogen-bond acceptors (Lipinski definition) is 5. The Labute approximate surface area is 144 Å². The van der Waals surface area contributed by atoms with Gasteiger partial charge < -0.3 is 20.1 Å². The molecule has 0 saturated heterocycles. The summed E-state index contributed by atoms with van der Waals surface area (Å²) in [6.45, 7) is 8.06. The van der Waals surface area contributed by atoms with Gasteiger partial charge in [0, 0.05) is 0 Å². The number of rotatable bonds is 5. The lowest BCUT2D eigenvalue weighted by molar-refractivity contribution is -0.146. The number of carbonyl (C=O) groups is 3. The molecule has 0 radical (unpaired) electrons. The highest BCUT2D eigenvalue weighted by Gasteiger charge is 2.24. The van der Waals surface area contributed by atoms with E-state index in [2.05, 4.69) is 16.6 Å². The summed E-state index contributed by atoms with van der Waals surface area (Å²) in [5.41, 5.74) is -0.665. The molecule has 0 aromatic carbocycles. The van der Waals surface area contributed by atoms with Gasteiger partial charge in [0.2, 0.25) is 10.0 Å². The molecule has 124 valence electrons. The summed E-state index contributed by atoms with van der Waals surface area (Å²) in [5.74, 6) is 1.03. The molecular weight excluding hydrogens is 403 g/mol. The first-order valence-electron chi connectivity index (χ1n) is 6.57. The van der Waals surface area contributed by atoms with Gasteiger partial charge in [-0.2, -0.15) is 0 Å². The first-order valence-corrected chi connectivity index (χ1v) is 7.81. The molecule has 0 rings (SSSR count). The molecule has 22 heavy (non-hydrogen) atoms. The maximum Gasteiger partial charge on any atom is 0.408 e. The number of hydrogen-bond donors (Lipinski definition) is 2. The smallest absolute Gasteiger partial charge is 0.408 e. The van der Waals surface area contributed by atoms with Gasteiger partial charge in [0.1, 0.15) is 17.7 Å². The Morgan fingerprint density at radius 2 is 1.68 bits per heavy atom. The van der Waals surface area contributed by atoms with Crippen molar-refractivity contribution < 1.29 is 23.9 Å². The van der Waals surface area contributed by atoms with E-state index in [-0.39, 0.29) is 0 Å². The van der Waals surface area contributed by atoms with E-state index in [9.17, 15) is 14.4 Å². The van der Waals surface area contributed by atoms with E-state index in [4.69, 9.17) is 15.9 Å². The van der Waals surface area contributed by atoms with Crippen molar-refractivity contribution in [2.45, 2.75) is 56.4 Å². The second kappa shape index (κ2) is 8.82. The molecule has 0 heterocycles. The lowest BCUT2D eigenvalue weighted by Crippen LogP contribution is -2.50. The monoisotopic (exact) mass is 424 g/mol. The molecule has 0 aliphatic heterocycles. The van der Waals surface area contributed by atoms with Crippen LogP contribution in [0, 0.1) is 12.3 Å². The molecule has 8 heteroatoms. The summed E-state index contributed by atoms with van der Waals surface area (Å²) in [7, 11) is 0.